The lowest BCUT2D eigenvalue weighted by molar-refractivity contribution is -0.132. The minimum Gasteiger partial charge on any atom is -0.508 e. The van der Waals surface area contributed by atoms with Crippen LogP contribution in [-0.2, 0) is 4.79 Å². The van der Waals surface area contributed by atoms with Crippen LogP contribution >= 0.6 is 0 Å². The summed E-state index contributed by atoms with van der Waals surface area (Å²) >= 11 is 0. The Morgan fingerprint density at radius 3 is 2.68 bits per heavy atom. The highest BCUT2D eigenvalue weighted by Crippen LogP contribution is 2.39. The van der Waals surface area contributed by atoms with Crippen LogP contribution < -0.4 is 9.64 Å². The molecule has 1 aliphatic heterocycles. The Morgan fingerprint density at radius 2 is 2.05 bits per heavy atom. The van der Waals surface area contributed by atoms with Crippen LogP contribution in [0.5, 0.6) is 11.5 Å². The van der Waals surface area contributed by atoms with E-state index in [0.717, 1.165) is 6.54 Å². The molecule has 1 amide bonds. The second-order valence-electron chi connectivity index (χ2n) is 5.52. The van der Waals surface area contributed by atoms with Gasteiger partial charge in [0.05, 0.1) is 5.69 Å². The van der Waals surface area contributed by atoms with Gasteiger partial charge in [0.2, 0.25) is 0 Å². The first kappa shape index (κ1) is 13.7. The van der Waals surface area contributed by atoms with Gasteiger partial charge in [0.1, 0.15) is 11.5 Å². The molecule has 1 heterocycles. The minimum absolute atomic E-state index is 0.0903. The Balaban J connectivity index is 2.39. The van der Waals surface area contributed by atoms with Gasteiger partial charge in [0, 0.05) is 19.2 Å². The van der Waals surface area contributed by atoms with Gasteiger partial charge in [0.25, 0.3) is 5.91 Å². The standard InChI is InChI=1S/C14H20N2O3/c1-14(2)13(18)16(8-7-15(3)4)11-9-10(17)5-6-12(11)19-14/h5-6,9,17H,7-8H2,1-4H3. The first-order valence-corrected chi connectivity index (χ1v) is 6.30. The fourth-order valence-electron chi connectivity index (χ4n) is 2.08. The van der Waals surface area contributed by atoms with Gasteiger partial charge in [0.15, 0.2) is 5.60 Å². The number of ether oxygens (including phenoxy) is 1. The Labute approximate surface area is 113 Å². The predicted molar refractivity (Wildman–Crippen MR) is 73.7 cm³/mol. The number of fused-ring (bicyclic) bond motifs is 1. The average Bonchev–Trinajstić information content (AvgIpc) is 2.30. The molecule has 1 aliphatic rings. The van der Waals surface area contributed by atoms with E-state index in [9.17, 15) is 9.90 Å². The molecule has 19 heavy (non-hydrogen) atoms. The maximum atomic E-state index is 12.4. The van der Waals surface area contributed by atoms with E-state index in [0.29, 0.717) is 18.0 Å². The lowest BCUT2D eigenvalue weighted by atomic mass is 10.0. The summed E-state index contributed by atoms with van der Waals surface area (Å²) in [5.74, 6) is 0.665. The zero-order valence-corrected chi connectivity index (χ0v) is 11.8. The molecule has 1 N–H and O–H groups in total. The number of phenols is 1. The molecule has 0 atom stereocenters. The third-order valence-corrected chi connectivity index (χ3v) is 3.13. The molecule has 0 aromatic heterocycles. The number of rotatable bonds is 3. The van der Waals surface area contributed by atoms with E-state index in [1.54, 1.807) is 36.9 Å². The quantitative estimate of drug-likeness (QED) is 0.898. The van der Waals surface area contributed by atoms with Crippen molar-refractivity contribution in [1.29, 1.82) is 0 Å². The minimum atomic E-state index is -0.879. The average molecular weight is 264 g/mol. The molecule has 0 saturated carbocycles. The van der Waals surface area contributed by atoms with E-state index in [-0.39, 0.29) is 11.7 Å². The van der Waals surface area contributed by atoms with Gasteiger partial charge < -0.3 is 19.6 Å². The van der Waals surface area contributed by atoms with Crippen molar-refractivity contribution in [2.75, 3.05) is 32.1 Å². The third kappa shape index (κ3) is 2.66. The summed E-state index contributed by atoms with van der Waals surface area (Å²) in [6.07, 6.45) is 0. The number of amides is 1. The molecule has 2 rings (SSSR count). The van der Waals surface area contributed by atoms with E-state index in [1.807, 2.05) is 19.0 Å². The van der Waals surface area contributed by atoms with Crippen molar-refractivity contribution < 1.29 is 14.6 Å². The second-order valence-corrected chi connectivity index (χ2v) is 5.52. The maximum absolute atomic E-state index is 12.4. The molecule has 0 fully saturated rings. The fraction of sp³-hybridized carbons (Fsp3) is 0.500. The van der Waals surface area contributed by atoms with Crippen molar-refractivity contribution in [2.45, 2.75) is 19.4 Å². The van der Waals surface area contributed by atoms with Gasteiger partial charge in [-0.1, -0.05) is 0 Å². The Kier molecular flexibility index (Phi) is 3.41. The molecule has 0 unspecified atom stereocenters. The van der Waals surface area contributed by atoms with E-state index in [2.05, 4.69) is 0 Å². The summed E-state index contributed by atoms with van der Waals surface area (Å²) in [5, 5.41) is 9.60. The first-order chi connectivity index (χ1) is 8.81. The van der Waals surface area contributed by atoms with Gasteiger partial charge in [-0.3, -0.25) is 4.79 Å². The molecule has 104 valence electrons. The van der Waals surface area contributed by atoms with Crippen LogP contribution in [0.4, 0.5) is 5.69 Å². The van der Waals surface area contributed by atoms with Crippen molar-refractivity contribution in [1.82, 2.24) is 4.90 Å². The van der Waals surface area contributed by atoms with Gasteiger partial charge in [-0.05, 0) is 40.1 Å². The van der Waals surface area contributed by atoms with Gasteiger partial charge in [-0.2, -0.15) is 0 Å². The number of carbonyl (C=O) groups is 1. The molecule has 0 saturated heterocycles. The highest BCUT2D eigenvalue weighted by molar-refractivity contribution is 6.02. The number of benzene rings is 1. The molecular formula is C14H20N2O3. The number of likely N-dealkylation sites (N-methyl/N-ethyl adjacent to an activating group) is 1. The van der Waals surface area contributed by atoms with Gasteiger partial charge in [-0.15, -0.1) is 0 Å². The number of phenolic OH excluding ortho intramolecular Hbond substituents is 1. The lowest BCUT2D eigenvalue weighted by Crippen LogP contribution is -2.53. The van der Waals surface area contributed by atoms with Crippen molar-refractivity contribution in [3.05, 3.63) is 18.2 Å². The number of anilines is 1. The molecule has 0 spiro atoms. The molecule has 0 bridgehead atoms. The van der Waals surface area contributed by atoms with Gasteiger partial charge >= 0.3 is 0 Å². The summed E-state index contributed by atoms with van der Waals surface area (Å²) in [6, 6.07) is 4.83. The third-order valence-electron chi connectivity index (χ3n) is 3.13. The van der Waals surface area contributed by atoms with Gasteiger partial charge in [-0.25, -0.2) is 0 Å². The van der Waals surface area contributed by atoms with Crippen LogP contribution in [0.15, 0.2) is 18.2 Å². The van der Waals surface area contributed by atoms with Crippen molar-refractivity contribution in [3.8, 4) is 11.5 Å². The van der Waals surface area contributed by atoms with Crippen LogP contribution in [0.25, 0.3) is 0 Å². The predicted octanol–water partition coefficient (Wildman–Crippen LogP) is 1.46. The topological polar surface area (TPSA) is 53.0 Å². The van der Waals surface area contributed by atoms with Crippen molar-refractivity contribution in [2.24, 2.45) is 0 Å². The number of hydrogen-bond donors (Lipinski definition) is 1. The Hall–Kier alpha value is -1.75. The molecule has 0 aliphatic carbocycles. The smallest absolute Gasteiger partial charge is 0.270 e. The number of carbonyl (C=O) groups excluding carboxylic acids is 1. The zero-order valence-electron chi connectivity index (χ0n) is 11.8. The first-order valence-electron chi connectivity index (χ1n) is 6.30. The highest BCUT2D eigenvalue weighted by atomic mass is 16.5. The molecule has 1 aromatic rings. The highest BCUT2D eigenvalue weighted by Gasteiger charge is 2.40. The van der Waals surface area contributed by atoms with Crippen molar-refractivity contribution >= 4 is 11.6 Å². The molecular weight excluding hydrogens is 244 g/mol. The summed E-state index contributed by atoms with van der Waals surface area (Å²) in [7, 11) is 3.92. The number of nitrogens with zero attached hydrogens (tertiary/aromatic N) is 2. The van der Waals surface area contributed by atoms with Crippen LogP contribution in [0, 0.1) is 0 Å². The van der Waals surface area contributed by atoms with E-state index in [4.69, 9.17) is 4.74 Å². The molecule has 0 radical (unpaired) electrons. The molecule has 5 heteroatoms. The Bertz CT molecular complexity index is 497. The fourth-order valence-corrected chi connectivity index (χ4v) is 2.08. The number of hydrogen-bond acceptors (Lipinski definition) is 4. The maximum Gasteiger partial charge on any atom is 0.270 e. The van der Waals surface area contributed by atoms with Crippen LogP contribution in [0.1, 0.15) is 13.8 Å². The second kappa shape index (κ2) is 4.74. The summed E-state index contributed by atoms with van der Waals surface area (Å²) in [5.41, 5.74) is -0.248. The number of aromatic hydroxyl groups is 1. The van der Waals surface area contributed by atoms with Crippen LogP contribution in [0.2, 0.25) is 0 Å². The molecule has 5 nitrogen and oxygen atoms in total. The van der Waals surface area contributed by atoms with Crippen molar-refractivity contribution in [3.63, 3.8) is 0 Å². The molecule has 1 aromatic carbocycles. The largest absolute Gasteiger partial charge is 0.508 e. The summed E-state index contributed by atoms with van der Waals surface area (Å²) in [4.78, 5) is 16.1. The van der Waals surface area contributed by atoms with E-state index >= 15 is 0 Å². The van der Waals surface area contributed by atoms with E-state index in [1.165, 1.54) is 0 Å². The zero-order chi connectivity index (χ0) is 14.2. The summed E-state index contributed by atoms with van der Waals surface area (Å²) in [6.45, 7) is 4.83. The summed E-state index contributed by atoms with van der Waals surface area (Å²) < 4.78 is 5.71. The van der Waals surface area contributed by atoms with E-state index < -0.39 is 5.60 Å². The lowest BCUT2D eigenvalue weighted by Gasteiger charge is -2.39. The van der Waals surface area contributed by atoms with Crippen LogP contribution in [-0.4, -0.2) is 48.7 Å². The normalized spacial score (nSPS) is 17.3. The monoisotopic (exact) mass is 264 g/mol. The van der Waals surface area contributed by atoms with Crippen LogP contribution in [0.3, 0.4) is 0 Å². The SMILES string of the molecule is CN(C)CCN1C(=O)C(C)(C)Oc2ccc(O)cc21. The Morgan fingerprint density at radius 1 is 1.37 bits per heavy atom.